The van der Waals surface area contributed by atoms with Gasteiger partial charge in [-0.25, -0.2) is 5.48 Å². The zero-order valence-corrected chi connectivity index (χ0v) is 10.9. The molecule has 1 N–H and O–H groups in total. The fourth-order valence-corrected chi connectivity index (χ4v) is 1.90. The molecule has 1 rings (SSSR count). The molecular formula is C10H13F6N3O. The summed E-state index contributed by atoms with van der Waals surface area (Å²) < 4.78 is 79.0. The number of hydrogen-bond acceptors (Lipinski definition) is 3. The smallest absolute Gasteiger partial charge is 0.281 e. The summed E-state index contributed by atoms with van der Waals surface area (Å²) in [5, 5.41) is 3.08. The number of alkyl halides is 6. The van der Waals surface area contributed by atoms with Gasteiger partial charge in [0, 0.05) is 25.9 Å². The molecule has 0 aliphatic carbocycles. The summed E-state index contributed by atoms with van der Waals surface area (Å²) in [6, 6.07) is 0. The van der Waals surface area contributed by atoms with E-state index in [0.717, 1.165) is 21.0 Å². The van der Waals surface area contributed by atoms with Crippen LogP contribution in [0.3, 0.4) is 0 Å². The second-order valence-electron chi connectivity index (χ2n) is 4.05. The zero-order valence-electron chi connectivity index (χ0n) is 10.9. The lowest BCUT2D eigenvalue weighted by Crippen LogP contribution is -2.48. The van der Waals surface area contributed by atoms with Gasteiger partial charge in [-0.15, -0.1) is 0 Å². The first kappa shape index (κ1) is 16.8. The van der Waals surface area contributed by atoms with Crippen molar-refractivity contribution in [2.45, 2.75) is 31.3 Å². The first-order chi connectivity index (χ1) is 8.99. The maximum absolute atomic E-state index is 13.3. The summed E-state index contributed by atoms with van der Waals surface area (Å²) in [5.74, 6) is 0. The van der Waals surface area contributed by atoms with Crippen LogP contribution in [0.5, 0.6) is 0 Å². The first-order valence-electron chi connectivity index (χ1n) is 5.52. The zero-order chi connectivity index (χ0) is 15.8. The van der Waals surface area contributed by atoms with Crippen molar-refractivity contribution < 1.29 is 31.2 Å². The standard InChI is InChI=1S/C10H13F6N3O/c1-4-8(20-17-2,10(14,15)16)6-5-19(3)18-7(6)9(11,12)13/h5,17H,4H2,1-3H3. The SMILES string of the molecule is CCC(ONC)(c1cn(C)nc1C(F)(F)F)C(F)(F)F. The monoisotopic (exact) mass is 305 g/mol. The predicted octanol–water partition coefficient (Wildman–Crippen LogP) is 2.76. The summed E-state index contributed by atoms with van der Waals surface area (Å²) in [6.07, 6.45) is -10.1. The van der Waals surface area contributed by atoms with Gasteiger partial charge in [0.15, 0.2) is 5.69 Å². The lowest BCUT2D eigenvalue weighted by atomic mass is 9.90. The summed E-state index contributed by atoms with van der Waals surface area (Å²) in [7, 11) is 2.15. The molecule has 0 aliphatic heterocycles. The lowest BCUT2D eigenvalue weighted by Gasteiger charge is -2.33. The van der Waals surface area contributed by atoms with E-state index in [-0.39, 0.29) is 0 Å². The van der Waals surface area contributed by atoms with Crippen molar-refractivity contribution in [1.82, 2.24) is 15.3 Å². The molecule has 10 heteroatoms. The van der Waals surface area contributed by atoms with Crippen molar-refractivity contribution in [2.24, 2.45) is 7.05 Å². The lowest BCUT2D eigenvalue weighted by molar-refractivity contribution is -0.304. The van der Waals surface area contributed by atoms with Gasteiger partial charge in [0.25, 0.3) is 0 Å². The molecule has 0 saturated heterocycles. The van der Waals surface area contributed by atoms with E-state index >= 15 is 0 Å². The third kappa shape index (κ3) is 2.75. The van der Waals surface area contributed by atoms with Crippen LogP contribution in [0.15, 0.2) is 6.20 Å². The number of halogens is 6. The van der Waals surface area contributed by atoms with E-state index in [1.54, 1.807) is 0 Å². The minimum absolute atomic E-state index is 0.664. The second-order valence-corrected chi connectivity index (χ2v) is 4.05. The topological polar surface area (TPSA) is 39.1 Å². The minimum atomic E-state index is -5.05. The van der Waals surface area contributed by atoms with Crippen LogP contribution in [-0.4, -0.2) is 23.0 Å². The van der Waals surface area contributed by atoms with Crippen LogP contribution in [0.1, 0.15) is 24.6 Å². The van der Waals surface area contributed by atoms with Crippen molar-refractivity contribution in [3.05, 3.63) is 17.5 Å². The molecule has 1 atom stereocenters. The Balaban J connectivity index is 3.58. The highest BCUT2D eigenvalue weighted by molar-refractivity contribution is 5.29. The van der Waals surface area contributed by atoms with E-state index in [4.69, 9.17) is 0 Å². The third-order valence-electron chi connectivity index (χ3n) is 2.76. The molecule has 0 fully saturated rings. The first-order valence-corrected chi connectivity index (χ1v) is 5.52. The molecule has 1 aromatic rings. The number of hydrogen-bond donors (Lipinski definition) is 1. The molecule has 0 bridgehead atoms. The number of nitrogens with one attached hydrogen (secondary N) is 1. The Morgan fingerprint density at radius 3 is 2.15 bits per heavy atom. The Morgan fingerprint density at radius 1 is 1.25 bits per heavy atom. The van der Waals surface area contributed by atoms with Gasteiger partial charge in [0.2, 0.25) is 5.60 Å². The molecular weight excluding hydrogens is 292 g/mol. The van der Waals surface area contributed by atoms with Gasteiger partial charge in [-0.2, -0.15) is 31.4 Å². The van der Waals surface area contributed by atoms with Crippen molar-refractivity contribution >= 4 is 0 Å². The number of aromatic nitrogens is 2. The third-order valence-corrected chi connectivity index (χ3v) is 2.76. The van der Waals surface area contributed by atoms with Crippen molar-refractivity contribution in [1.29, 1.82) is 0 Å². The average molecular weight is 305 g/mol. The fourth-order valence-electron chi connectivity index (χ4n) is 1.90. The Morgan fingerprint density at radius 2 is 1.80 bits per heavy atom. The van der Waals surface area contributed by atoms with Crippen molar-refractivity contribution in [3.63, 3.8) is 0 Å². The Hall–Kier alpha value is -1.29. The van der Waals surface area contributed by atoms with E-state index in [1.807, 2.05) is 5.48 Å². The molecule has 0 amide bonds. The van der Waals surface area contributed by atoms with Crippen LogP contribution < -0.4 is 5.48 Å². The van der Waals surface area contributed by atoms with Crippen LogP contribution in [0.2, 0.25) is 0 Å². The summed E-state index contributed by atoms with van der Waals surface area (Å²) >= 11 is 0. The summed E-state index contributed by atoms with van der Waals surface area (Å²) in [5.41, 5.74) is -3.98. The molecule has 1 unspecified atom stereocenters. The Labute approximate surface area is 110 Å². The number of nitrogens with zero attached hydrogens (tertiary/aromatic N) is 2. The minimum Gasteiger partial charge on any atom is -0.281 e. The van der Waals surface area contributed by atoms with Gasteiger partial charge >= 0.3 is 12.4 Å². The van der Waals surface area contributed by atoms with Gasteiger partial charge in [0.05, 0.1) is 0 Å². The molecule has 4 nitrogen and oxygen atoms in total. The van der Waals surface area contributed by atoms with Gasteiger partial charge in [-0.1, -0.05) is 6.92 Å². The van der Waals surface area contributed by atoms with Crippen LogP contribution in [-0.2, 0) is 23.7 Å². The molecule has 0 spiro atoms. The Bertz CT molecular complexity index is 467. The van der Waals surface area contributed by atoms with E-state index in [9.17, 15) is 26.3 Å². The summed E-state index contributed by atoms with van der Waals surface area (Å²) in [4.78, 5) is 4.45. The van der Waals surface area contributed by atoms with Gasteiger partial charge in [0.1, 0.15) is 0 Å². The van der Waals surface area contributed by atoms with Gasteiger partial charge in [-0.05, 0) is 6.42 Å². The maximum Gasteiger partial charge on any atom is 0.435 e. The average Bonchev–Trinajstić information content (AvgIpc) is 2.66. The van der Waals surface area contributed by atoms with E-state index < -0.39 is 35.6 Å². The van der Waals surface area contributed by atoms with Gasteiger partial charge in [-0.3, -0.25) is 9.52 Å². The largest absolute Gasteiger partial charge is 0.435 e. The number of aryl methyl sites for hydroxylation is 1. The molecule has 20 heavy (non-hydrogen) atoms. The highest BCUT2D eigenvalue weighted by atomic mass is 19.4. The molecule has 0 saturated carbocycles. The van der Waals surface area contributed by atoms with Crippen LogP contribution in [0, 0.1) is 0 Å². The summed E-state index contributed by atoms with van der Waals surface area (Å²) in [6.45, 7) is 1.08. The molecule has 1 aromatic heterocycles. The van der Waals surface area contributed by atoms with E-state index in [0.29, 0.717) is 10.9 Å². The maximum atomic E-state index is 13.3. The van der Waals surface area contributed by atoms with Crippen LogP contribution >= 0.6 is 0 Å². The van der Waals surface area contributed by atoms with E-state index in [1.165, 1.54) is 0 Å². The Kier molecular flexibility index (Phi) is 4.39. The van der Waals surface area contributed by atoms with Crippen LogP contribution in [0.25, 0.3) is 0 Å². The molecule has 0 aromatic carbocycles. The quantitative estimate of drug-likeness (QED) is 0.687. The van der Waals surface area contributed by atoms with Crippen molar-refractivity contribution in [2.75, 3.05) is 7.05 Å². The van der Waals surface area contributed by atoms with Crippen molar-refractivity contribution in [3.8, 4) is 0 Å². The predicted molar refractivity (Wildman–Crippen MR) is 56.4 cm³/mol. The molecule has 0 radical (unpaired) electrons. The van der Waals surface area contributed by atoms with Crippen LogP contribution in [0.4, 0.5) is 26.3 Å². The molecule has 116 valence electrons. The normalized spacial score (nSPS) is 16.2. The highest BCUT2D eigenvalue weighted by Gasteiger charge is 2.60. The molecule has 1 heterocycles. The fraction of sp³-hybridized carbons (Fsp3) is 0.700. The second kappa shape index (κ2) is 5.24. The highest BCUT2D eigenvalue weighted by Crippen LogP contribution is 2.47. The number of rotatable bonds is 4. The number of hydroxylamine groups is 1. The molecule has 0 aliphatic rings. The van der Waals surface area contributed by atoms with E-state index in [2.05, 4.69) is 9.94 Å². The van der Waals surface area contributed by atoms with Gasteiger partial charge < -0.3 is 0 Å².